The summed E-state index contributed by atoms with van der Waals surface area (Å²) in [5.74, 6) is -0.960. The van der Waals surface area contributed by atoms with Gasteiger partial charge in [-0.3, -0.25) is 9.59 Å². The summed E-state index contributed by atoms with van der Waals surface area (Å²) < 4.78 is 1.34. The zero-order chi connectivity index (χ0) is 13.9. The highest BCUT2D eigenvalue weighted by Crippen LogP contribution is 2.35. The highest BCUT2D eigenvalue weighted by molar-refractivity contribution is 5.80. The molecule has 1 saturated heterocycles. The molecule has 1 amide bonds. The molecule has 0 radical (unpaired) electrons. The summed E-state index contributed by atoms with van der Waals surface area (Å²) in [6.07, 6.45) is 3.26. The van der Waals surface area contributed by atoms with Crippen LogP contribution in [-0.2, 0) is 16.1 Å². The molecule has 0 aliphatic carbocycles. The minimum Gasteiger partial charge on any atom is -0.481 e. The van der Waals surface area contributed by atoms with Crippen LogP contribution in [0.25, 0.3) is 0 Å². The second kappa shape index (κ2) is 5.33. The fourth-order valence-electron chi connectivity index (χ4n) is 2.54. The van der Waals surface area contributed by atoms with Crippen molar-refractivity contribution in [2.75, 3.05) is 13.1 Å². The standard InChI is InChI=1S/C11H17N5O3/c1-2-3-11(10(18)19)4-5-15(7-11)9(17)6-16-8-12-13-14-16/h8H,2-7H2,1H3,(H,18,19). The third-order valence-corrected chi connectivity index (χ3v) is 3.58. The van der Waals surface area contributed by atoms with E-state index < -0.39 is 11.4 Å². The Labute approximate surface area is 110 Å². The molecule has 1 aromatic rings. The third-order valence-electron chi connectivity index (χ3n) is 3.58. The maximum atomic E-state index is 12.0. The van der Waals surface area contributed by atoms with E-state index in [9.17, 15) is 14.7 Å². The summed E-state index contributed by atoms with van der Waals surface area (Å²) in [5, 5.41) is 19.9. The summed E-state index contributed by atoms with van der Waals surface area (Å²) in [4.78, 5) is 25.1. The smallest absolute Gasteiger partial charge is 0.311 e. The number of carbonyl (C=O) groups is 2. The van der Waals surface area contributed by atoms with E-state index >= 15 is 0 Å². The van der Waals surface area contributed by atoms with Crippen LogP contribution in [0.1, 0.15) is 26.2 Å². The molecule has 1 atom stereocenters. The van der Waals surface area contributed by atoms with E-state index in [1.807, 2.05) is 6.92 Å². The minimum atomic E-state index is -0.813. The van der Waals surface area contributed by atoms with Gasteiger partial charge in [0, 0.05) is 13.1 Å². The number of aliphatic carboxylic acids is 1. The molecule has 2 heterocycles. The number of likely N-dealkylation sites (tertiary alicyclic amines) is 1. The molecule has 1 aliphatic rings. The average molecular weight is 267 g/mol. The third kappa shape index (κ3) is 2.72. The fraction of sp³-hybridized carbons (Fsp3) is 0.727. The molecule has 0 aromatic carbocycles. The Kier molecular flexibility index (Phi) is 3.77. The van der Waals surface area contributed by atoms with Crippen molar-refractivity contribution in [3.05, 3.63) is 6.33 Å². The molecule has 1 N–H and O–H groups in total. The van der Waals surface area contributed by atoms with Gasteiger partial charge in [-0.2, -0.15) is 0 Å². The first-order chi connectivity index (χ1) is 9.07. The zero-order valence-corrected chi connectivity index (χ0v) is 10.8. The Hall–Kier alpha value is -1.99. The Morgan fingerprint density at radius 3 is 2.84 bits per heavy atom. The predicted octanol–water partition coefficient (Wildman–Crippen LogP) is -0.223. The van der Waals surface area contributed by atoms with E-state index in [2.05, 4.69) is 15.5 Å². The molecule has 0 spiro atoms. The van der Waals surface area contributed by atoms with Crippen LogP contribution in [0.5, 0.6) is 0 Å². The molecule has 104 valence electrons. The largest absolute Gasteiger partial charge is 0.481 e. The number of rotatable bonds is 5. The normalized spacial score (nSPS) is 22.7. The van der Waals surface area contributed by atoms with Crippen molar-refractivity contribution in [3.8, 4) is 0 Å². The van der Waals surface area contributed by atoms with E-state index in [0.717, 1.165) is 6.42 Å². The van der Waals surface area contributed by atoms with Gasteiger partial charge in [0.25, 0.3) is 0 Å². The Morgan fingerprint density at radius 2 is 2.26 bits per heavy atom. The molecule has 19 heavy (non-hydrogen) atoms. The SMILES string of the molecule is CCCC1(C(=O)O)CCN(C(=O)Cn2cnnn2)C1. The lowest BCUT2D eigenvalue weighted by atomic mass is 9.83. The minimum absolute atomic E-state index is 0.0504. The van der Waals surface area contributed by atoms with Crippen LogP contribution < -0.4 is 0 Å². The zero-order valence-electron chi connectivity index (χ0n) is 10.8. The topological polar surface area (TPSA) is 101 Å². The van der Waals surface area contributed by atoms with Crippen molar-refractivity contribution in [2.45, 2.75) is 32.7 Å². The van der Waals surface area contributed by atoms with Gasteiger partial charge in [-0.25, -0.2) is 4.68 Å². The van der Waals surface area contributed by atoms with E-state index in [-0.39, 0.29) is 19.0 Å². The molecule has 8 nitrogen and oxygen atoms in total. The summed E-state index contributed by atoms with van der Waals surface area (Å²) in [7, 11) is 0. The number of aromatic nitrogens is 4. The van der Waals surface area contributed by atoms with E-state index in [0.29, 0.717) is 19.4 Å². The van der Waals surface area contributed by atoms with Gasteiger partial charge in [0.1, 0.15) is 12.9 Å². The summed E-state index contributed by atoms with van der Waals surface area (Å²) >= 11 is 0. The van der Waals surface area contributed by atoms with Gasteiger partial charge < -0.3 is 10.0 Å². The molecular formula is C11H17N5O3. The van der Waals surface area contributed by atoms with Gasteiger partial charge in [-0.1, -0.05) is 13.3 Å². The van der Waals surface area contributed by atoms with Crippen molar-refractivity contribution in [1.82, 2.24) is 25.1 Å². The van der Waals surface area contributed by atoms with Gasteiger partial charge in [0.2, 0.25) is 5.91 Å². The van der Waals surface area contributed by atoms with Crippen molar-refractivity contribution in [3.63, 3.8) is 0 Å². The number of carboxylic acids is 1. The van der Waals surface area contributed by atoms with Crippen LogP contribution >= 0.6 is 0 Å². The second-order valence-corrected chi connectivity index (χ2v) is 4.91. The van der Waals surface area contributed by atoms with Crippen molar-refractivity contribution < 1.29 is 14.7 Å². The van der Waals surface area contributed by atoms with Gasteiger partial charge in [0.15, 0.2) is 0 Å². The second-order valence-electron chi connectivity index (χ2n) is 4.91. The van der Waals surface area contributed by atoms with E-state index in [1.165, 1.54) is 11.0 Å². The van der Waals surface area contributed by atoms with Crippen LogP contribution in [0.3, 0.4) is 0 Å². The lowest BCUT2D eigenvalue weighted by Gasteiger charge is -2.24. The molecular weight excluding hydrogens is 250 g/mol. The molecule has 1 aromatic heterocycles. The number of tetrazole rings is 1. The van der Waals surface area contributed by atoms with Gasteiger partial charge >= 0.3 is 5.97 Å². The van der Waals surface area contributed by atoms with Crippen molar-refractivity contribution >= 4 is 11.9 Å². The number of hydrogen-bond acceptors (Lipinski definition) is 5. The number of carbonyl (C=O) groups excluding carboxylic acids is 1. The first kappa shape index (κ1) is 13.4. The van der Waals surface area contributed by atoms with Crippen LogP contribution in [0.4, 0.5) is 0 Å². The van der Waals surface area contributed by atoms with E-state index in [4.69, 9.17) is 0 Å². The summed E-state index contributed by atoms with van der Waals surface area (Å²) in [6.45, 7) is 2.76. The number of hydrogen-bond donors (Lipinski definition) is 1. The molecule has 0 bridgehead atoms. The summed E-state index contributed by atoms with van der Waals surface area (Å²) in [6, 6.07) is 0. The highest BCUT2D eigenvalue weighted by Gasteiger charge is 2.45. The van der Waals surface area contributed by atoms with Crippen molar-refractivity contribution in [1.29, 1.82) is 0 Å². The van der Waals surface area contributed by atoms with Crippen LogP contribution in [0.15, 0.2) is 6.33 Å². The molecule has 0 saturated carbocycles. The molecule has 8 heteroatoms. The van der Waals surface area contributed by atoms with Crippen LogP contribution in [0, 0.1) is 5.41 Å². The monoisotopic (exact) mass is 267 g/mol. The van der Waals surface area contributed by atoms with Crippen LogP contribution in [-0.4, -0.2) is 55.2 Å². The highest BCUT2D eigenvalue weighted by atomic mass is 16.4. The fourth-order valence-corrected chi connectivity index (χ4v) is 2.54. The lowest BCUT2D eigenvalue weighted by molar-refractivity contribution is -0.149. The average Bonchev–Trinajstić information content (AvgIpc) is 2.99. The Morgan fingerprint density at radius 1 is 1.47 bits per heavy atom. The first-order valence-corrected chi connectivity index (χ1v) is 6.29. The van der Waals surface area contributed by atoms with Gasteiger partial charge in [-0.15, -0.1) is 5.10 Å². The van der Waals surface area contributed by atoms with Crippen molar-refractivity contribution in [2.24, 2.45) is 5.41 Å². The molecule has 2 rings (SSSR count). The molecule has 1 aliphatic heterocycles. The quantitative estimate of drug-likeness (QED) is 0.791. The molecule has 1 fully saturated rings. The number of carboxylic acid groups (broad SMARTS) is 1. The number of amides is 1. The van der Waals surface area contributed by atoms with E-state index in [1.54, 1.807) is 4.90 Å². The predicted molar refractivity (Wildman–Crippen MR) is 64.0 cm³/mol. The first-order valence-electron chi connectivity index (χ1n) is 6.29. The lowest BCUT2D eigenvalue weighted by Crippen LogP contribution is -2.38. The maximum absolute atomic E-state index is 12.0. The summed E-state index contributed by atoms with van der Waals surface area (Å²) in [5.41, 5.74) is -0.787. The number of nitrogens with zero attached hydrogens (tertiary/aromatic N) is 5. The maximum Gasteiger partial charge on any atom is 0.311 e. The Balaban J connectivity index is 2.00. The van der Waals surface area contributed by atoms with Crippen LogP contribution in [0.2, 0.25) is 0 Å². The van der Waals surface area contributed by atoms with Gasteiger partial charge in [-0.05, 0) is 23.3 Å². The van der Waals surface area contributed by atoms with Gasteiger partial charge in [0.05, 0.1) is 5.41 Å². The molecule has 1 unspecified atom stereocenters. The Bertz CT molecular complexity index is 461.